The van der Waals surface area contributed by atoms with Crippen molar-refractivity contribution < 1.29 is 4.74 Å². The summed E-state index contributed by atoms with van der Waals surface area (Å²) < 4.78 is 5.16. The van der Waals surface area contributed by atoms with E-state index in [9.17, 15) is 0 Å². The Morgan fingerprint density at radius 1 is 1.05 bits per heavy atom. The predicted octanol–water partition coefficient (Wildman–Crippen LogP) is 5.27. The second-order valence-corrected chi connectivity index (χ2v) is 5.10. The molecule has 0 aromatic heterocycles. The molecule has 2 nitrogen and oxygen atoms in total. The molecule has 2 aromatic carbocycles. The quantitative estimate of drug-likeness (QED) is 0.830. The molecule has 0 saturated heterocycles. The summed E-state index contributed by atoms with van der Waals surface area (Å²) in [5.41, 5.74) is 1.70. The minimum Gasteiger partial charge on any atom is -0.497 e. The van der Waals surface area contributed by atoms with Crippen LogP contribution in [0.4, 0.5) is 5.69 Å². The summed E-state index contributed by atoms with van der Waals surface area (Å²) in [4.78, 5) is 0. The fourth-order valence-electron chi connectivity index (χ4n) is 1.64. The summed E-state index contributed by atoms with van der Waals surface area (Å²) in [6.45, 7) is 0.534. The molecule has 0 aliphatic rings. The standard InChI is InChI=1S/C14H12Cl3NO/c1-19-10-5-6-11(15)13(7-10)18-8-9-3-2-4-12(16)14(9)17/h2-7,18H,8H2,1H3. The molecule has 0 spiro atoms. The van der Waals surface area contributed by atoms with Gasteiger partial charge in [0.25, 0.3) is 0 Å². The van der Waals surface area contributed by atoms with Crippen molar-refractivity contribution in [2.24, 2.45) is 0 Å². The maximum Gasteiger partial charge on any atom is 0.121 e. The Labute approximate surface area is 127 Å². The van der Waals surface area contributed by atoms with Crippen LogP contribution < -0.4 is 10.1 Å². The number of hydrogen-bond acceptors (Lipinski definition) is 2. The van der Waals surface area contributed by atoms with E-state index in [4.69, 9.17) is 39.5 Å². The summed E-state index contributed by atoms with van der Waals surface area (Å²) in [6, 6.07) is 10.9. The van der Waals surface area contributed by atoms with Gasteiger partial charge in [-0.05, 0) is 23.8 Å². The van der Waals surface area contributed by atoms with Crippen molar-refractivity contribution in [1.29, 1.82) is 0 Å². The fourth-order valence-corrected chi connectivity index (χ4v) is 2.21. The van der Waals surface area contributed by atoms with Crippen molar-refractivity contribution >= 4 is 40.5 Å². The highest BCUT2D eigenvalue weighted by Crippen LogP contribution is 2.29. The van der Waals surface area contributed by atoms with Gasteiger partial charge < -0.3 is 10.1 Å². The largest absolute Gasteiger partial charge is 0.497 e. The third-order valence-electron chi connectivity index (χ3n) is 2.67. The van der Waals surface area contributed by atoms with Gasteiger partial charge in [0.1, 0.15) is 5.75 Å². The van der Waals surface area contributed by atoms with Crippen LogP contribution in [0, 0.1) is 0 Å². The van der Waals surface area contributed by atoms with Gasteiger partial charge in [-0.3, -0.25) is 0 Å². The molecule has 0 radical (unpaired) electrons. The van der Waals surface area contributed by atoms with Gasteiger partial charge in [0.2, 0.25) is 0 Å². The second-order valence-electron chi connectivity index (χ2n) is 3.91. The van der Waals surface area contributed by atoms with Crippen molar-refractivity contribution in [3.63, 3.8) is 0 Å². The first-order valence-corrected chi connectivity index (χ1v) is 6.75. The van der Waals surface area contributed by atoms with Crippen LogP contribution in [-0.4, -0.2) is 7.11 Å². The van der Waals surface area contributed by atoms with Crippen LogP contribution in [0.1, 0.15) is 5.56 Å². The number of rotatable bonds is 4. The van der Waals surface area contributed by atoms with E-state index in [1.165, 1.54) is 0 Å². The minimum absolute atomic E-state index is 0.534. The van der Waals surface area contributed by atoms with Crippen molar-refractivity contribution in [3.8, 4) is 5.75 Å². The lowest BCUT2D eigenvalue weighted by molar-refractivity contribution is 0.415. The first kappa shape index (κ1) is 14.3. The lowest BCUT2D eigenvalue weighted by Gasteiger charge is -2.11. The topological polar surface area (TPSA) is 21.3 Å². The molecule has 19 heavy (non-hydrogen) atoms. The van der Waals surface area contributed by atoms with E-state index in [0.29, 0.717) is 21.6 Å². The monoisotopic (exact) mass is 315 g/mol. The Hall–Kier alpha value is -1.09. The number of nitrogens with one attached hydrogen (secondary N) is 1. The first-order chi connectivity index (χ1) is 9.11. The van der Waals surface area contributed by atoms with E-state index in [2.05, 4.69) is 5.32 Å². The predicted molar refractivity (Wildman–Crippen MR) is 81.8 cm³/mol. The first-order valence-electron chi connectivity index (χ1n) is 5.62. The van der Waals surface area contributed by atoms with Crippen molar-refractivity contribution in [2.75, 3.05) is 12.4 Å². The van der Waals surface area contributed by atoms with Crippen LogP contribution in [0.2, 0.25) is 15.1 Å². The average Bonchev–Trinajstić information content (AvgIpc) is 2.42. The highest BCUT2D eigenvalue weighted by molar-refractivity contribution is 6.42. The third kappa shape index (κ3) is 3.47. The zero-order valence-electron chi connectivity index (χ0n) is 10.2. The number of methoxy groups -OCH3 is 1. The van der Waals surface area contributed by atoms with Crippen LogP contribution in [-0.2, 0) is 6.54 Å². The second kappa shape index (κ2) is 6.38. The van der Waals surface area contributed by atoms with E-state index >= 15 is 0 Å². The molecule has 0 unspecified atom stereocenters. The van der Waals surface area contributed by atoms with E-state index < -0.39 is 0 Å². The normalized spacial score (nSPS) is 10.3. The molecule has 0 amide bonds. The van der Waals surface area contributed by atoms with Gasteiger partial charge in [-0.15, -0.1) is 0 Å². The molecule has 5 heteroatoms. The van der Waals surface area contributed by atoms with E-state index in [1.54, 1.807) is 25.3 Å². The molecule has 0 aliphatic carbocycles. The van der Waals surface area contributed by atoms with Gasteiger partial charge in [-0.1, -0.05) is 46.9 Å². The lowest BCUT2D eigenvalue weighted by atomic mass is 10.2. The Morgan fingerprint density at radius 2 is 1.84 bits per heavy atom. The summed E-state index contributed by atoms with van der Waals surface area (Å²) >= 11 is 18.2. The molecule has 0 bridgehead atoms. The highest BCUT2D eigenvalue weighted by Gasteiger charge is 2.06. The number of halogens is 3. The van der Waals surface area contributed by atoms with Crippen LogP contribution in [0.5, 0.6) is 5.75 Å². The van der Waals surface area contributed by atoms with Crippen LogP contribution >= 0.6 is 34.8 Å². The Bertz CT molecular complexity index is 587. The third-order valence-corrected chi connectivity index (χ3v) is 3.86. The molecular formula is C14H12Cl3NO. The van der Waals surface area contributed by atoms with Crippen LogP contribution in [0.15, 0.2) is 36.4 Å². The smallest absolute Gasteiger partial charge is 0.121 e. The highest BCUT2D eigenvalue weighted by atomic mass is 35.5. The lowest BCUT2D eigenvalue weighted by Crippen LogP contribution is -2.01. The average molecular weight is 317 g/mol. The van der Waals surface area contributed by atoms with Crippen molar-refractivity contribution in [1.82, 2.24) is 0 Å². The maximum absolute atomic E-state index is 6.13. The molecule has 0 saturated carbocycles. The SMILES string of the molecule is COc1ccc(Cl)c(NCc2cccc(Cl)c2Cl)c1. The van der Waals surface area contributed by atoms with Gasteiger partial charge in [0.15, 0.2) is 0 Å². The number of ether oxygens (including phenoxy) is 1. The Balaban J connectivity index is 2.16. The fraction of sp³-hybridized carbons (Fsp3) is 0.143. The summed E-state index contributed by atoms with van der Waals surface area (Å²) in [7, 11) is 1.61. The van der Waals surface area contributed by atoms with E-state index in [0.717, 1.165) is 17.0 Å². The number of anilines is 1. The van der Waals surface area contributed by atoms with Gasteiger partial charge in [0, 0.05) is 12.6 Å². The molecule has 0 atom stereocenters. The minimum atomic E-state index is 0.534. The maximum atomic E-state index is 6.13. The van der Waals surface area contributed by atoms with Gasteiger partial charge >= 0.3 is 0 Å². The molecular weight excluding hydrogens is 305 g/mol. The summed E-state index contributed by atoms with van der Waals surface area (Å²) in [5, 5.41) is 4.93. The number of benzene rings is 2. The zero-order valence-corrected chi connectivity index (χ0v) is 12.5. The molecule has 1 N–H and O–H groups in total. The number of hydrogen-bond donors (Lipinski definition) is 1. The molecule has 2 aromatic rings. The Kier molecular flexibility index (Phi) is 4.81. The van der Waals surface area contributed by atoms with Gasteiger partial charge in [-0.25, -0.2) is 0 Å². The summed E-state index contributed by atoms with van der Waals surface area (Å²) in [6.07, 6.45) is 0. The van der Waals surface area contributed by atoms with Crippen molar-refractivity contribution in [3.05, 3.63) is 57.0 Å². The molecule has 0 fully saturated rings. The van der Waals surface area contributed by atoms with Crippen molar-refractivity contribution in [2.45, 2.75) is 6.54 Å². The molecule has 2 rings (SSSR count). The molecule has 100 valence electrons. The van der Waals surface area contributed by atoms with Gasteiger partial charge in [0.05, 0.1) is 27.9 Å². The van der Waals surface area contributed by atoms with Crippen LogP contribution in [0.25, 0.3) is 0 Å². The van der Waals surface area contributed by atoms with E-state index in [1.807, 2.05) is 18.2 Å². The molecule has 0 aliphatic heterocycles. The zero-order chi connectivity index (χ0) is 13.8. The Morgan fingerprint density at radius 3 is 2.58 bits per heavy atom. The summed E-state index contributed by atoms with van der Waals surface area (Å²) in [5.74, 6) is 0.740. The van der Waals surface area contributed by atoms with Gasteiger partial charge in [-0.2, -0.15) is 0 Å². The van der Waals surface area contributed by atoms with Crippen LogP contribution in [0.3, 0.4) is 0 Å². The molecule has 0 heterocycles. The van der Waals surface area contributed by atoms with E-state index in [-0.39, 0.29) is 0 Å².